The van der Waals surface area contributed by atoms with Gasteiger partial charge in [-0.1, -0.05) is 55.5 Å². The number of esters is 1. The summed E-state index contributed by atoms with van der Waals surface area (Å²) in [5, 5.41) is 1.09. The first-order valence-corrected chi connectivity index (χ1v) is 6.88. The topological polar surface area (TPSA) is 26.3 Å². The van der Waals surface area contributed by atoms with Crippen LogP contribution in [0, 0.1) is 0 Å². The second kappa shape index (κ2) is 7.65. The molecule has 18 heavy (non-hydrogen) atoms. The number of methoxy groups -OCH3 is 1. The maximum absolute atomic E-state index is 11.8. The summed E-state index contributed by atoms with van der Waals surface area (Å²) in [5.41, 5.74) is 0.795. The molecule has 0 aliphatic carbocycles. The molecular weight excluding hydrogens is 271 g/mol. The molecule has 4 heteroatoms. The first-order valence-electron chi connectivity index (χ1n) is 6.13. The molecule has 0 aromatic heterocycles. The van der Waals surface area contributed by atoms with Crippen LogP contribution in [-0.4, -0.2) is 13.1 Å². The summed E-state index contributed by atoms with van der Waals surface area (Å²) >= 11 is 12.0. The van der Waals surface area contributed by atoms with Crippen molar-refractivity contribution in [3.8, 4) is 0 Å². The lowest BCUT2D eigenvalue weighted by molar-refractivity contribution is -0.142. The Hall–Kier alpha value is -0.730. The number of hydrogen-bond acceptors (Lipinski definition) is 2. The van der Waals surface area contributed by atoms with Crippen molar-refractivity contribution in [1.29, 1.82) is 0 Å². The van der Waals surface area contributed by atoms with E-state index < -0.39 is 0 Å². The molecule has 1 rings (SSSR count). The standard InChI is InChI=1S/C14H18Cl2O2/c1-3-4-5-6-12(14(17)18-2)11-8-7-10(15)9-13(11)16/h7-9,12H,3-6H2,1-2H3. The molecule has 0 N–H and O–H groups in total. The molecular formula is C14H18Cl2O2. The van der Waals surface area contributed by atoms with Crippen LogP contribution in [0.4, 0.5) is 0 Å². The fourth-order valence-corrected chi connectivity index (χ4v) is 2.47. The number of unbranched alkanes of at least 4 members (excludes halogenated alkanes) is 2. The smallest absolute Gasteiger partial charge is 0.313 e. The van der Waals surface area contributed by atoms with E-state index in [1.54, 1.807) is 18.2 Å². The van der Waals surface area contributed by atoms with Crippen LogP contribution in [0.1, 0.15) is 44.1 Å². The second-order valence-electron chi connectivity index (χ2n) is 4.24. The maximum Gasteiger partial charge on any atom is 0.313 e. The van der Waals surface area contributed by atoms with Crippen molar-refractivity contribution in [2.24, 2.45) is 0 Å². The van der Waals surface area contributed by atoms with Crippen molar-refractivity contribution in [3.05, 3.63) is 33.8 Å². The van der Waals surface area contributed by atoms with E-state index >= 15 is 0 Å². The maximum atomic E-state index is 11.8. The van der Waals surface area contributed by atoms with Crippen LogP contribution in [0.3, 0.4) is 0 Å². The Bertz CT molecular complexity index is 405. The molecule has 2 nitrogen and oxygen atoms in total. The van der Waals surface area contributed by atoms with E-state index in [1.165, 1.54) is 7.11 Å². The minimum absolute atomic E-state index is 0.240. The van der Waals surface area contributed by atoms with Gasteiger partial charge in [-0.05, 0) is 24.1 Å². The first kappa shape index (κ1) is 15.3. The second-order valence-corrected chi connectivity index (χ2v) is 5.08. The van der Waals surface area contributed by atoms with Gasteiger partial charge in [0.15, 0.2) is 0 Å². The lowest BCUT2D eigenvalue weighted by Crippen LogP contribution is -2.14. The Kier molecular flexibility index (Phi) is 6.51. The molecule has 1 atom stereocenters. The number of rotatable bonds is 6. The highest BCUT2D eigenvalue weighted by atomic mass is 35.5. The van der Waals surface area contributed by atoms with Gasteiger partial charge in [0.05, 0.1) is 13.0 Å². The molecule has 0 bridgehead atoms. The van der Waals surface area contributed by atoms with Crippen LogP contribution < -0.4 is 0 Å². The summed E-state index contributed by atoms with van der Waals surface area (Å²) in [6.45, 7) is 2.13. The van der Waals surface area contributed by atoms with Crippen LogP contribution in [0.25, 0.3) is 0 Å². The Balaban J connectivity index is 2.90. The molecule has 0 aliphatic heterocycles. The molecule has 1 unspecified atom stereocenters. The summed E-state index contributed by atoms with van der Waals surface area (Å²) in [7, 11) is 1.40. The van der Waals surface area contributed by atoms with E-state index in [9.17, 15) is 4.79 Å². The normalized spacial score (nSPS) is 12.2. The van der Waals surface area contributed by atoms with Gasteiger partial charge in [0.25, 0.3) is 0 Å². The Morgan fingerprint density at radius 3 is 2.61 bits per heavy atom. The third kappa shape index (κ3) is 4.18. The molecule has 100 valence electrons. The molecule has 0 spiro atoms. The van der Waals surface area contributed by atoms with Crippen LogP contribution >= 0.6 is 23.2 Å². The summed E-state index contributed by atoms with van der Waals surface area (Å²) in [6, 6.07) is 5.21. The number of carbonyl (C=O) groups is 1. The molecule has 0 fully saturated rings. The summed E-state index contributed by atoms with van der Waals surface area (Å²) < 4.78 is 4.85. The predicted molar refractivity (Wildman–Crippen MR) is 75.4 cm³/mol. The Morgan fingerprint density at radius 2 is 2.06 bits per heavy atom. The monoisotopic (exact) mass is 288 g/mol. The fourth-order valence-electron chi connectivity index (χ4n) is 1.93. The highest BCUT2D eigenvalue weighted by Crippen LogP contribution is 2.31. The van der Waals surface area contributed by atoms with Crippen molar-refractivity contribution in [2.75, 3.05) is 7.11 Å². The lowest BCUT2D eigenvalue weighted by Gasteiger charge is -2.16. The fraction of sp³-hybridized carbons (Fsp3) is 0.500. The van der Waals surface area contributed by atoms with Crippen molar-refractivity contribution >= 4 is 29.2 Å². The molecule has 0 amide bonds. The summed E-state index contributed by atoms with van der Waals surface area (Å²) in [5.74, 6) is -0.540. The average Bonchev–Trinajstić information content (AvgIpc) is 2.35. The molecule has 1 aromatic carbocycles. The zero-order valence-electron chi connectivity index (χ0n) is 10.7. The number of halogens is 2. The van der Waals surface area contributed by atoms with Gasteiger partial charge >= 0.3 is 5.97 Å². The minimum Gasteiger partial charge on any atom is -0.469 e. The van der Waals surface area contributed by atoms with Crippen LogP contribution in [0.5, 0.6) is 0 Å². The highest BCUT2D eigenvalue weighted by molar-refractivity contribution is 6.35. The van der Waals surface area contributed by atoms with Crippen molar-refractivity contribution in [2.45, 2.75) is 38.5 Å². The minimum atomic E-state index is -0.300. The van der Waals surface area contributed by atoms with E-state index in [0.29, 0.717) is 10.0 Å². The quantitative estimate of drug-likeness (QED) is 0.554. The largest absolute Gasteiger partial charge is 0.469 e. The zero-order valence-corrected chi connectivity index (χ0v) is 12.2. The van der Waals surface area contributed by atoms with Crippen LogP contribution in [0.2, 0.25) is 10.0 Å². The van der Waals surface area contributed by atoms with Crippen molar-refractivity contribution < 1.29 is 9.53 Å². The highest BCUT2D eigenvalue weighted by Gasteiger charge is 2.23. The van der Waals surface area contributed by atoms with Gasteiger partial charge in [-0.15, -0.1) is 0 Å². The molecule has 0 saturated carbocycles. The molecule has 0 radical (unpaired) electrons. The number of benzene rings is 1. The molecule has 0 saturated heterocycles. The first-order chi connectivity index (χ1) is 8.60. The Labute approximate surface area is 118 Å². The van der Waals surface area contributed by atoms with Gasteiger partial charge < -0.3 is 4.74 Å². The summed E-state index contributed by atoms with van der Waals surface area (Å²) in [4.78, 5) is 11.8. The molecule has 1 aromatic rings. The SMILES string of the molecule is CCCCCC(C(=O)OC)c1ccc(Cl)cc1Cl. The van der Waals surface area contributed by atoms with E-state index in [2.05, 4.69) is 6.92 Å². The molecule has 0 heterocycles. The third-order valence-electron chi connectivity index (χ3n) is 2.92. The van der Waals surface area contributed by atoms with Crippen LogP contribution in [-0.2, 0) is 9.53 Å². The van der Waals surface area contributed by atoms with Gasteiger partial charge in [-0.25, -0.2) is 0 Å². The average molecular weight is 289 g/mol. The van der Waals surface area contributed by atoms with Gasteiger partial charge in [0.1, 0.15) is 0 Å². The van der Waals surface area contributed by atoms with E-state index in [1.807, 2.05) is 0 Å². The van der Waals surface area contributed by atoms with Crippen LogP contribution in [0.15, 0.2) is 18.2 Å². The summed E-state index contributed by atoms with van der Waals surface area (Å²) in [6.07, 6.45) is 3.94. The number of carbonyl (C=O) groups excluding carboxylic acids is 1. The van der Waals surface area contributed by atoms with Gasteiger partial charge in [-0.2, -0.15) is 0 Å². The predicted octanol–water partition coefficient (Wildman–Crippen LogP) is 4.83. The van der Waals surface area contributed by atoms with Gasteiger partial charge in [0, 0.05) is 10.0 Å². The van der Waals surface area contributed by atoms with E-state index in [0.717, 1.165) is 31.2 Å². The molecule has 0 aliphatic rings. The van der Waals surface area contributed by atoms with Gasteiger partial charge in [-0.3, -0.25) is 4.79 Å². The lowest BCUT2D eigenvalue weighted by atomic mass is 9.93. The van der Waals surface area contributed by atoms with Gasteiger partial charge in [0.2, 0.25) is 0 Å². The number of ether oxygens (including phenoxy) is 1. The van der Waals surface area contributed by atoms with E-state index in [-0.39, 0.29) is 11.9 Å². The number of hydrogen-bond donors (Lipinski definition) is 0. The van der Waals surface area contributed by atoms with Crippen molar-refractivity contribution in [3.63, 3.8) is 0 Å². The van der Waals surface area contributed by atoms with E-state index in [4.69, 9.17) is 27.9 Å². The third-order valence-corrected chi connectivity index (χ3v) is 3.48. The van der Waals surface area contributed by atoms with Crippen molar-refractivity contribution in [1.82, 2.24) is 0 Å². The Morgan fingerprint density at radius 1 is 1.33 bits per heavy atom. The zero-order chi connectivity index (χ0) is 13.5.